The van der Waals surface area contributed by atoms with Crippen LogP contribution in [0.4, 0.5) is 0 Å². The van der Waals surface area contributed by atoms with Crippen LogP contribution in [-0.2, 0) is 27.4 Å². The summed E-state index contributed by atoms with van der Waals surface area (Å²) in [4.78, 5) is 37.0. The number of ether oxygens (including phenoxy) is 2. The molecule has 11 heteroatoms. The number of aryl methyl sites for hydroxylation is 1. The van der Waals surface area contributed by atoms with E-state index in [1.165, 1.54) is 17.9 Å². The van der Waals surface area contributed by atoms with Gasteiger partial charge in [-0.25, -0.2) is 10.2 Å². The van der Waals surface area contributed by atoms with Crippen molar-refractivity contribution in [2.24, 2.45) is 5.10 Å². The number of carbonyl (C=O) groups is 2. The van der Waals surface area contributed by atoms with Gasteiger partial charge in [-0.1, -0.05) is 11.6 Å². The molecule has 36 heavy (non-hydrogen) atoms. The van der Waals surface area contributed by atoms with Gasteiger partial charge in [0.1, 0.15) is 29.7 Å². The highest BCUT2D eigenvalue weighted by Gasteiger charge is 2.16. The number of benzene rings is 1. The number of nitrogens with zero attached hydrogens (tertiary/aromatic N) is 3. The number of nitrogens with one attached hydrogen (secondary N) is 1. The Hall–Kier alpha value is -4.20. The number of furan rings is 1. The number of hydrogen-bond donors (Lipinski definition) is 1. The molecule has 3 rings (SSSR count). The summed E-state index contributed by atoms with van der Waals surface area (Å²) in [5.74, 6) is -0.317. The summed E-state index contributed by atoms with van der Waals surface area (Å²) in [5.41, 5.74) is 3.46. The summed E-state index contributed by atoms with van der Waals surface area (Å²) < 4.78 is 16.9. The molecular formula is C25H23ClN4O6. The van der Waals surface area contributed by atoms with Crippen LogP contribution in [0.1, 0.15) is 39.9 Å². The Morgan fingerprint density at radius 3 is 2.75 bits per heavy atom. The molecule has 0 aliphatic carbocycles. The lowest BCUT2D eigenvalue weighted by Crippen LogP contribution is -2.33. The predicted molar refractivity (Wildman–Crippen MR) is 132 cm³/mol. The second kappa shape index (κ2) is 12.0. The van der Waals surface area contributed by atoms with Gasteiger partial charge in [-0.2, -0.15) is 10.4 Å². The van der Waals surface area contributed by atoms with Crippen LogP contribution < -0.4 is 11.0 Å². The molecule has 2 heterocycles. The Bertz CT molecular complexity index is 1420. The maximum absolute atomic E-state index is 12.6. The SMILES string of the molecule is CCOC(=O)c1cc(-c2ccc(/C=N\NC(=O)Cn3c(C)cc(COC)c(C#N)c3=O)o2)ccc1Cl. The molecule has 0 bridgehead atoms. The van der Waals surface area contributed by atoms with Gasteiger partial charge >= 0.3 is 5.97 Å². The molecule has 2 aromatic heterocycles. The predicted octanol–water partition coefficient (Wildman–Crippen LogP) is 3.42. The van der Waals surface area contributed by atoms with E-state index in [-0.39, 0.29) is 35.9 Å². The molecule has 186 valence electrons. The maximum atomic E-state index is 12.6. The molecule has 3 aromatic rings. The zero-order valence-corrected chi connectivity index (χ0v) is 20.6. The topological polar surface area (TPSA) is 136 Å². The molecule has 0 aliphatic heterocycles. The van der Waals surface area contributed by atoms with Crippen molar-refractivity contribution in [1.29, 1.82) is 5.26 Å². The van der Waals surface area contributed by atoms with Crippen LogP contribution in [-0.4, -0.2) is 36.4 Å². The molecule has 0 saturated heterocycles. The maximum Gasteiger partial charge on any atom is 0.339 e. The molecule has 1 amide bonds. The average molecular weight is 511 g/mol. The fourth-order valence-corrected chi connectivity index (χ4v) is 3.58. The number of carbonyl (C=O) groups excluding carboxylic acids is 2. The fourth-order valence-electron chi connectivity index (χ4n) is 3.39. The number of methoxy groups -OCH3 is 1. The molecule has 0 fully saturated rings. The van der Waals surface area contributed by atoms with Gasteiger partial charge in [0.15, 0.2) is 0 Å². The fraction of sp³-hybridized carbons (Fsp3) is 0.240. The van der Waals surface area contributed by atoms with Crippen LogP contribution in [0.2, 0.25) is 5.02 Å². The van der Waals surface area contributed by atoms with E-state index < -0.39 is 17.4 Å². The molecule has 1 aromatic carbocycles. The number of pyridine rings is 1. The van der Waals surface area contributed by atoms with E-state index >= 15 is 0 Å². The van der Waals surface area contributed by atoms with Crippen LogP contribution in [0.5, 0.6) is 0 Å². The lowest BCUT2D eigenvalue weighted by Gasteiger charge is -2.12. The van der Waals surface area contributed by atoms with Gasteiger partial charge in [0.05, 0.1) is 30.0 Å². The quantitative estimate of drug-likeness (QED) is 0.264. The monoisotopic (exact) mass is 510 g/mol. The molecule has 0 atom stereocenters. The minimum absolute atomic E-state index is 0.0739. The number of halogens is 1. The van der Waals surface area contributed by atoms with E-state index in [2.05, 4.69) is 10.5 Å². The molecular weight excluding hydrogens is 488 g/mol. The Kier molecular flexibility index (Phi) is 8.78. The normalized spacial score (nSPS) is 10.9. The highest BCUT2D eigenvalue weighted by Crippen LogP contribution is 2.27. The third-order valence-electron chi connectivity index (χ3n) is 5.06. The van der Waals surface area contributed by atoms with Crippen molar-refractivity contribution in [3.63, 3.8) is 0 Å². The average Bonchev–Trinajstić information content (AvgIpc) is 3.31. The minimum Gasteiger partial charge on any atom is -0.462 e. The second-order valence-electron chi connectivity index (χ2n) is 7.53. The number of amides is 1. The Labute approximate surface area is 211 Å². The Morgan fingerprint density at radius 2 is 2.06 bits per heavy atom. The number of esters is 1. The van der Waals surface area contributed by atoms with Crippen molar-refractivity contribution < 1.29 is 23.5 Å². The van der Waals surface area contributed by atoms with Crippen molar-refractivity contribution in [1.82, 2.24) is 9.99 Å². The molecule has 0 spiro atoms. The number of rotatable bonds is 9. The summed E-state index contributed by atoms with van der Waals surface area (Å²) in [7, 11) is 1.46. The van der Waals surface area contributed by atoms with E-state index in [9.17, 15) is 19.6 Å². The standard InChI is InChI=1S/C25H23ClN4O6/c1-4-35-25(33)19-10-16(5-7-21(19)26)22-8-6-18(36-22)12-28-29-23(31)13-30-15(2)9-17(14-34-3)20(11-27)24(30)32/h5-10,12H,4,13-14H2,1-3H3,(H,29,31)/b28-12-. The zero-order chi connectivity index (χ0) is 26.2. The van der Waals surface area contributed by atoms with Crippen molar-refractivity contribution in [2.45, 2.75) is 27.0 Å². The summed E-state index contributed by atoms with van der Waals surface area (Å²) in [6, 6.07) is 11.6. The van der Waals surface area contributed by atoms with Crippen molar-refractivity contribution in [2.75, 3.05) is 13.7 Å². The van der Waals surface area contributed by atoms with Gasteiger partial charge in [-0.3, -0.25) is 9.59 Å². The largest absolute Gasteiger partial charge is 0.462 e. The highest BCUT2D eigenvalue weighted by atomic mass is 35.5. The van der Waals surface area contributed by atoms with E-state index in [0.29, 0.717) is 28.3 Å². The van der Waals surface area contributed by atoms with Gasteiger partial charge in [0.25, 0.3) is 11.5 Å². The third kappa shape index (κ3) is 6.07. The number of nitriles is 1. The smallest absolute Gasteiger partial charge is 0.339 e. The van der Waals surface area contributed by atoms with Gasteiger partial charge < -0.3 is 18.5 Å². The van der Waals surface area contributed by atoms with E-state index in [1.807, 2.05) is 6.07 Å². The van der Waals surface area contributed by atoms with Crippen molar-refractivity contribution in [3.8, 4) is 17.4 Å². The van der Waals surface area contributed by atoms with Crippen LogP contribution >= 0.6 is 11.6 Å². The second-order valence-corrected chi connectivity index (χ2v) is 7.94. The first kappa shape index (κ1) is 26.4. The molecule has 0 aliphatic rings. The summed E-state index contributed by atoms with van der Waals surface area (Å²) in [6.07, 6.45) is 1.29. The van der Waals surface area contributed by atoms with Crippen molar-refractivity contribution >= 4 is 29.7 Å². The Morgan fingerprint density at radius 1 is 1.28 bits per heavy atom. The first-order valence-corrected chi connectivity index (χ1v) is 11.2. The number of hydrazone groups is 1. The first-order valence-electron chi connectivity index (χ1n) is 10.8. The summed E-state index contributed by atoms with van der Waals surface area (Å²) >= 11 is 6.10. The first-order chi connectivity index (χ1) is 17.3. The van der Waals surface area contributed by atoms with E-state index in [0.717, 1.165) is 0 Å². The molecule has 0 saturated carbocycles. The van der Waals surface area contributed by atoms with Crippen LogP contribution in [0.15, 0.2) is 50.7 Å². The molecule has 0 unspecified atom stereocenters. The van der Waals surface area contributed by atoms with Crippen LogP contribution in [0.3, 0.4) is 0 Å². The summed E-state index contributed by atoms with van der Waals surface area (Å²) in [6.45, 7) is 3.37. The van der Waals surface area contributed by atoms with Gasteiger partial charge in [0.2, 0.25) is 0 Å². The van der Waals surface area contributed by atoms with Crippen LogP contribution in [0.25, 0.3) is 11.3 Å². The van der Waals surface area contributed by atoms with Crippen LogP contribution in [0, 0.1) is 18.3 Å². The minimum atomic E-state index is -0.579. The van der Waals surface area contributed by atoms with Gasteiger partial charge in [-0.05, 0) is 50.2 Å². The van der Waals surface area contributed by atoms with E-state index in [1.54, 1.807) is 50.2 Å². The summed E-state index contributed by atoms with van der Waals surface area (Å²) in [5, 5.41) is 13.4. The lowest BCUT2D eigenvalue weighted by atomic mass is 10.1. The molecule has 0 radical (unpaired) electrons. The molecule has 10 nitrogen and oxygen atoms in total. The number of aromatic nitrogens is 1. The van der Waals surface area contributed by atoms with Crippen molar-refractivity contribution in [3.05, 3.63) is 79.9 Å². The van der Waals surface area contributed by atoms with Gasteiger partial charge in [-0.15, -0.1) is 0 Å². The highest BCUT2D eigenvalue weighted by molar-refractivity contribution is 6.33. The molecule has 1 N–H and O–H groups in total. The third-order valence-corrected chi connectivity index (χ3v) is 5.39. The van der Waals surface area contributed by atoms with Gasteiger partial charge in [0, 0.05) is 23.9 Å². The van der Waals surface area contributed by atoms with E-state index in [4.69, 9.17) is 25.5 Å². The lowest BCUT2D eigenvalue weighted by molar-refractivity contribution is -0.121. The zero-order valence-electron chi connectivity index (χ0n) is 19.8. The number of hydrogen-bond acceptors (Lipinski definition) is 8. The Balaban J connectivity index is 1.69.